The summed E-state index contributed by atoms with van der Waals surface area (Å²) in [7, 11) is 1.88. The summed E-state index contributed by atoms with van der Waals surface area (Å²) in [5.74, 6) is 2.84. The van der Waals surface area contributed by atoms with Crippen LogP contribution in [0.1, 0.15) is 37.3 Å². The molecular weight excluding hydrogens is 226 g/mol. The molecule has 2 aromatic rings. The van der Waals surface area contributed by atoms with Crippen LogP contribution in [0.25, 0.3) is 11.6 Å². The van der Waals surface area contributed by atoms with Gasteiger partial charge in [0.25, 0.3) is 0 Å². The van der Waals surface area contributed by atoms with Crippen LogP contribution in [0.3, 0.4) is 0 Å². The maximum atomic E-state index is 5.38. The molecule has 0 bridgehead atoms. The molecule has 4 nitrogen and oxygen atoms in total. The Morgan fingerprint density at radius 3 is 2.78 bits per heavy atom. The molecule has 0 aromatic carbocycles. The van der Waals surface area contributed by atoms with E-state index in [-0.39, 0.29) is 0 Å². The van der Waals surface area contributed by atoms with Crippen LogP contribution in [0.15, 0.2) is 28.9 Å². The molecular formula is C14H17N3O. The van der Waals surface area contributed by atoms with Crippen LogP contribution in [-0.2, 0) is 0 Å². The minimum absolute atomic E-state index is 0.578. The lowest BCUT2D eigenvalue weighted by atomic mass is 10.0. The predicted molar refractivity (Wildman–Crippen MR) is 70.5 cm³/mol. The Labute approximate surface area is 106 Å². The van der Waals surface area contributed by atoms with E-state index in [0.29, 0.717) is 11.7 Å². The molecule has 3 rings (SSSR count). The zero-order chi connectivity index (χ0) is 12.4. The topological polar surface area (TPSA) is 51.0 Å². The molecule has 1 N–H and O–H groups in total. The first-order valence-electron chi connectivity index (χ1n) is 6.47. The Balaban J connectivity index is 2.01. The second-order valence-electron chi connectivity index (χ2n) is 4.71. The zero-order valence-electron chi connectivity index (χ0n) is 10.5. The van der Waals surface area contributed by atoms with Crippen LogP contribution in [0.4, 0.5) is 5.82 Å². The minimum Gasteiger partial charge on any atom is -0.461 e. The summed E-state index contributed by atoms with van der Waals surface area (Å²) >= 11 is 0. The van der Waals surface area contributed by atoms with Crippen LogP contribution in [0, 0.1) is 0 Å². The van der Waals surface area contributed by atoms with Gasteiger partial charge >= 0.3 is 0 Å². The average molecular weight is 243 g/mol. The first kappa shape index (κ1) is 11.3. The van der Waals surface area contributed by atoms with Gasteiger partial charge in [-0.2, -0.15) is 0 Å². The first-order valence-corrected chi connectivity index (χ1v) is 6.47. The predicted octanol–water partition coefficient (Wildman–Crippen LogP) is 3.44. The lowest BCUT2D eigenvalue weighted by Gasteiger charge is -2.11. The number of rotatable bonds is 3. The summed E-state index contributed by atoms with van der Waals surface area (Å²) in [4.78, 5) is 9.11. The van der Waals surface area contributed by atoms with Gasteiger partial charge in [0, 0.05) is 24.7 Å². The van der Waals surface area contributed by atoms with Gasteiger partial charge in [-0.1, -0.05) is 12.8 Å². The molecule has 0 aliphatic heterocycles. The molecule has 0 spiro atoms. The van der Waals surface area contributed by atoms with Gasteiger partial charge in [-0.3, -0.25) is 0 Å². The van der Waals surface area contributed by atoms with Gasteiger partial charge in [-0.05, 0) is 25.0 Å². The van der Waals surface area contributed by atoms with E-state index in [1.54, 1.807) is 6.26 Å². The van der Waals surface area contributed by atoms with Crippen molar-refractivity contribution >= 4 is 5.82 Å². The molecule has 4 heteroatoms. The van der Waals surface area contributed by atoms with E-state index in [1.165, 1.54) is 25.7 Å². The number of furan rings is 1. The van der Waals surface area contributed by atoms with Crippen molar-refractivity contribution < 1.29 is 4.42 Å². The smallest absolute Gasteiger partial charge is 0.197 e. The van der Waals surface area contributed by atoms with Crippen LogP contribution >= 0.6 is 0 Å². The third-order valence-electron chi connectivity index (χ3n) is 3.52. The van der Waals surface area contributed by atoms with Crippen molar-refractivity contribution in [2.75, 3.05) is 12.4 Å². The van der Waals surface area contributed by atoms with E-state index in [1.807, 2.05) is 19.2 Å². The number of hydrogen-bond acceptors (Lipinski definition) is 4. The fraction of sp³-hybridized carbons (Fsp3) is 0.429. The second kappa shape index (κ2) is 4.80. The molecule has 0 amide bonds. The fourth-order valence-corrected chi connectivity index (χ4v) is 2.54. The number of aromatic nitrogens is 2. The molecule has 94 valence electrons. The van der Waals surface area contributed by atoms with Gasteiger partial charge in [0.05, 0.1) is 6.26 Å². The van der Waals surface area contributed by atoms with E-state index in [4.69, 9.17) is 4.42 Å². The SMILES string of the molecule is CNc1cc(C2CCCC2)nc(-c2ccco2)n1. The Morgan fingerprint density at radius 1 is 1.28 bits per heavy atom. The average Bonchev–Trinajstić information content (AvgIpc) is 3.10. The third kappa shape index (κ3) is 2.10. The van der Waals surface area contributed by atoms with Crippen LogP contribution in [0.2, 0.25) is 0 Å². The maximum Gasteiger partial charge on any atom is 0.197 e. The Kier molecular flexibility index (Phi) is 3.00. The highest BCUT2D eigenvalue weighted by molar-refractivity contribution is 5.51. The normalized spacial score (nSPS) is 16.1. The van der Waals surface area contributed by atoms with Crippen LogP contribution in [-0.4, -0.2) is 17.0 Å². The van der Waals surface area contributed by atoms with Gasteiger partial charge in [0.15, 0.2) is 11.6 Å². The van der Waals surface area contributed by atoms with Crippen molar-refractivity contribution in [1.82, 2.24) is 9.97 Å². The lowest BCUT2D eigenvalue weighted by Crippen LogP contribution is -2.03. The molecule has 2 heterocycles. The van der Waals surface area contributed by atoms with Crippen molar-refractivity contribution in [3.8, 4) is 11.6 Å². The molecule has 0 saturated heterocycles. The van der Waals surface area contributed by atoms with E-state index in [2.05, 4.69) is 21.4 Å². The Morgan fingerprint density at radius 2 is 2.11 bits per heavy atom. The molecule has 0 atom stereocenters. The molecule has 1 saturated carbocycles. The summed E-state index contributed by atoms with van der Waals surface area (Å²) in [6.45, 7) is 0. The molecule has 2 aromatic heterocycles. The molecule has 0 radical (unpaired) electrons. The molecule has 1 aliphatic carbocycles. The largest absolute Gasteiger partial charge is 0.461 e. The van der Waals surface area contributed by atoms with Gasteiger partial charge in [-0.15, -0.1) is 0 Å². The van der Waals surface area contributed by atoms with Gasteiger partial charge in [-0.25, -0.2) is 9.97 Å². The second-order valence-corrected chi connectivity index (χ2v) is 4.71. The highest BCUT2D eigenvalue weighted by atomic mass is 16.3. The summed E-state index contributed by atoms with van der Waals surface area (Å²) < 4.78 is 5.38. The fourth-order valence-electron chi connectivity index (χ4n) is 2.54. The standard InChI is InChI=1S/C14H17N3O/c1-15-13-9-11(10-5-2-3-6-10)16-14(17-13)12-7-4-8-18-12/h4,7-10H,2-3,5-6H2,1H3,(H,15,16,17). The number of nitrogens with one attached hydrogen (secondary N) is 1. The summed E-state index contributed by atoms with van der Waals surface area (Å²) in [5.41, 5.74) is 1.14. The summed E-state index contributed by atoms with van der Waals surface area (Å²) in [6, 6.07) is 5.82. The molecule has 0 unspecified atom stereocenters. The summed E-state index contributed by atoms with van der Waals surface area (Å²) in [5, 5.41) is 3.10. The highest BCUT2D eigenvalue weighted by Crippen LogP contribution is 2.34. The lowest BCUT2D eigenvalue weighted by molar-refractivity contribution is 0.575. The maximum absolute atomic E-state index is 5.38. The van der Waals surface area contributed by atoms with Crippen LogP contribution < -0.4 is 5.32 Å². The van der Waals surface area contributed by atoms with E-state index in [9.17, 15) is 0 Å². The van der Waals surface area contributed by atoms with E-state index in [0.717, 1.165) is 17.3 Å². The zero-order valence-corrected chi connectivity index (χ0v) is 10.5. The summed E-state index contributed by atoms with van der Waals surface area (Å²) in [6.07, 6.45) is 6.73. The van der Waals surface area contributed by atoms with Gasteiger partial charge in [0.2, 0.25) is 0 Å². The Bertz CT molecular complexity index is 516. The van der Waals surface area contributed by atoms with E-state index < -0.39 is 0 Å². The number of anilines is 1. The van der Waals surface area contributed by atoms with Gasteiger partial charge < -0.3 is 9.73 Å². The molecule has 1 aliphatic rings. The van der Waals surface area contributed by atoms with Crippen molar-refractivity contribution in [2.24, 2.45) is 0 Å². The van der Waals surface area contributed by atoms with Crippen molar-refractivity contribution in [3.63, 3.8) is 0 Å². The minimum atomic E-state index is 0.578. The third-order valence-corrected chi connectivity index (χ3v) is 3.52. The van der Waals surface area contributed by atoms with Crippen LogP contribution in [0.5, 0.6) is 0 Å². The first-order chi connectivity index (χ1) is 8.86. The quantitative estimate of drug-likeness (QED) is 0.897. The van der Waals surface area contributed by atoms with Crippen molar-refractivity contribution in [3.05, 3.63) is 30.2 Å². The van der Waals surface area contributed by atoms with Gasteiger partial charge in [0.1, 0.15) is 5.82 Å². The molecule has 1 fully saturated rings. The number of nitrogens with zero attached hydrogens (tertiary/aromatic N) is 2. The number of hydrogen-bond donors (Lipinski definition) is 1. The molecule has 18 heavy (non-hydrogen) atoms. The van der Waals surface area contributed by atoms with E-state index >= 15 is 0 Å². The highest BCUT2D eigenvalue weighted by Gasteiger charge is 2.20. The van der Waals surface area contributed by atoms with Crippen molar-refractivity contribution in [1.29, 1.82) is 0 Å². The Hall–Kier alpha value is -1.84. The monoisotopic (exact) mass is 243 g/mol. The van der Waals surface area contributed by atoms with Crippen molar-refractivity contribution in [2.45, 2.75) is 31.6 Å².